The van der Waals surface area contributed by atoms with Crippen molar-refractivity contribution in [3.8, 4) is 0 Å². The van der Waals surface area contributed by atoms with Crippen LogP contribution < -0.4 is 45.9 Å². The SMILES string of the molecule is NC1(N)C=CC(OC2=CC(N)(N)C(N)(N)C=C2)=CC1(N)N. The van der Waals surface area contributed by atoms with Gasteiger partial charge in [0.1, 0.15) is 34.2 Å². The average molecular weight is 294 g/mol. The van der Waals surface area contributed by atoms with Crippen LogP contribution in [-0.4, -0.2) is 22.7 Å². The Bertz CT molecular complexity index is 518. The molecule has 0 fully saturated rings. The van der Waals surface area contributed by atoms with Crippen molar-refractivity contribution in [2.24, 2.45) is 45.9 Å². The lowest BCUT2D eigenvalue weighted by molar-refractivity contribution is 0.273. The van der Waals surface area contributed by atoms with Crippen molar-refractivity contribution in [2.45, 2.75) is 22.7 Å². The van der Waals surface area contributed by atoms with Crippen LogP contribution in [-0.2, 0) is 4.74 Å². The number of ether oxygens (including phenoxy) is 1. The Kier molecular flexibility index (Phi) is 3.36. The third-order valence-electron chi connectivity index (χ3n) is 3.54. The number of hydrogen-bond donors (Lipinski definition) is 8. The number of hydrogen-bond acceptors (Lipinski definition) is 9. The molecular formula is C12H22N8O. The van der Waals surface area contributed by atoms with Crippen LogP contribution in [0, 0.1) is 0 Å². The van der Waals surface area contributed by atoms with Gasteiger partial charge in [-0.25, -0.2) is 0 Å². The first kappa shape index (κ1) is 15.8. The van der Waals surface area contributed by atoms with E-state index >= 15 is 0 Å². The van der Waals surface area contributed by atoms with E-state index in [2.05, 4.69) is 0 Å². The minimum atomic E-state index is -1.47. The minimum Gasteiger partial charge on any atom is -0.458 e. The fourth-order valence-corrected chi connectivity index (χ4v) is 1.81. The van der Waals surface area contributed by atoms with E-state index in [-0.39, 0.29) is 0 Å². The van der Waals surface area contributed by atoms with Crippen LogP contribution >= 0.6 is 0 Å². The van der Waals surface area contributed by atoms with Gasteiger partial charge in [-0.3, -0.25) is 0 Å². The van der Waals surface area contributed by atoms with E-state index in [0.29, 0.717) is 11.5 Å². The second-order valence-corrected chi connectivity index (χ2v) is 5.59. The quantitative estimate of drug-likeness (QED) is 0.235. The molecule has 0 atom stereocenters. The molecule has 16 N–H and O–H groups in total. The van der Waals surface area contributed by atoms with E-state index in [4.69, 9.17) is 50.6 Å². The molecule has 0 aromatic rings. The first-order chi connectivity index (χ1) is 9.36. The van der Waals surface area contributed by atoms with E-state index in [1.54, 1.807) is 12.2 Å². The molecular weight excluding hydrogens is 272 g/mol. The number of rotatable bonds is 2. The molecule has 0 saturated heterocycles. The molecule has 2 rings (SSSR count). The molecule has 0 aromatic heterocycles. The topological polar surface area (TPSA) is 217 Å². The van der Waals surface area contributed by atoms with Gasteiger partial charge in [0.2, 0.25) is 0 Å². The Labute approximate surface area is 122 Å². The summed E-state index contributed by atoms with van der Waals surface area (Å²) >= 11 is 0. The summed E-state index contributed by atoms with van der Waals surface area (Å²) in [6, 6.07) is 0. The summed E-state index contributed by atoms with van der Waals surface area (Å²) < 4.78 is 5.60. The molecule has 0 bridgehead atoms. The van der Waals surface area contributed by atoms with Crippen LogP contribution in [0.5, 0.6) is 0 Å². The van der Waals surface area contributed by atoms with Crippen molar-refractivity contribution in [1.29, 1.82) is 0 Å². The Morgan fingerprint density at radius 2 is 0.905 bits per heavy atom. The molecule has 2 aliphatic rings. The van der Waals surface area contributed by atoms with Crippen molar-refractivity contribution in [3.63, 3.8) is 0 Å². The normalized spacial score (nSPS) is 27.8. The van der Waals surface area contributed by atoms with Crippen molar-refractivity contribution in [3.05, 3.63) is 48.0 Å². The first-order valence-corrected chi connectivity index (χ1v) is 6.19. The molecule has 21 heavy (non-hydrogen) atoms. The summed E-state index contributed by atoms with van der Waals surface area (Å²) in [5.41, 5.74) is 40.7. The maximum absolute atomic E-state index is 5.84. The molecule has 0 heterocycles. The van der Waals surface area contributed by atoms with Crippen molar-refractivity contribution in [2.75, 3.05) is 0 Å². The predicted octanol–water partition coefficient (Wildman–Crippen LogP) is -3.63. The van der Waals surface area contributed by atoms with E-state index < -0.39 is 22.7 Å². The fourth-order valence-electron chi connectivity index (χ4n) is 1.81. The summed E-state index contributed by atoms with van der Waals surface area (Å²) in [5.74, 6) is 0.694. The third-order valence-corrected chi connectivity index (χ3v) is 3.54. The Hall–Kier alpha value is -1.56. The van der Waals surface area contributed by atoms with Crippen LogP contribution in [0.1, 0.15) is 0 Å². The van der Waals surface area contributed by atoms with Crippen LogP contribution in [0.15, 0.2) is 48.0 Å². The summed E-state index contributed by atoms with van der Waals surface area (Å²) in [4.78, 5) is 0. The number of allylic oxidation sites excluding steroid dienone is 2. The van der Waals surface area contributed by atoms with Crippen LogP contribution in [0.3, 0.4) is 0 Å². The molecule has 0 spiro atoms. The summed E-state index contributed by atoms with van der Waals surface area (Å²) in [5, 5.41) is 0. The molecule has 9 nitrogen and oxygen atoms in total. The lowest BCUT2D eigenvalue weighted by Gasteiger charge is -2.39. The van der Waals surface area contributed by atoms with Gasteiger partial charge in [0, 0.05) is 0 Å². The Morgan fingerprint density at radius 1 is 0.571 bits per heavy atom. The minimum absolute atomic E-state index is 0.347. The van der Waals surface area contributed by atoms with Crippen LogP contribution in [0.2, 0.25) is 0 Å². The van der Waals surface area contributed by atoms with Gasteiger partial charge in [0.25, 0.3) is 0 Å². The molecule has 0 aromatic carbocycles. The molecule has 116 valence electrons. The Balaban J connectivity index is 2.22. The van der Waals surface area contributed by atoms with E-state index in [1.807, 2.05) is 0 Å². The van der Waals surface area contributed by atoms with Gasteiger partial charge in [0.05, 0.1) is 0 Å². The van der Waals surface area contributed by atoms with Gasteiger partial charge >= 0.3 is 0 Å². The maximum atomic E-state index is 5.84. The zero-order chi connectivity index (χ0) is 16.1. The van der Waals surface area contributed by atoms with Crippen molar-refractivity contribution in [1.82, 2.24) is 0 Å². The third kappa shape index (κ3) is 2.77. The summed E-state index contributed by atoms with van der Waals surface area (Å²) in [6.07, 6.45) is 8.81. The predicted molar refractivity (Wildman–Crippen MR) is 80.0 cm³/mol. The van der Waals surface area contributed by atoms with Gasteiger partial charge in [-0.1, -0.05) is 0 Å². The molecule has 0 radical (unpaired) electrons. The smallest absolute Gasteiger partial charge is 0.126 e. The standard InChI is InChI=1S/C12H22N8O/c13-9(14)3-1-7(5-11(9,17)18)21-8-2-4-10(15,16)12(19,20)6-8/h1-6H,13-20H2. The van der Waals surface area contributed by atoms with Gasteiger partial charge in [-0.2, -0.15) is 0 Å². The summed E-state index contributed by atoms with van der Waals surface area (Å²) in [7, 11) is 0. The average Bonchev–Trinajstić information content (AvgIpc) is 2.29. The van der Waals surface area contributed by atoms with Gasteiger partial charge in [0.15, 0.2) is 0 Å². The molecule has 0 aliphatic heterocycles. The maximum Gasteiger partial charge on any atom is 0.126 e. The highest BCUT2D eigenvalue weighted by atomic mass is 16.5. The largest absolute Gasteiger partial charge is 0.458 e. The van der Waals surface area contributed by atoms with E-state index in [1.165, 1.54) is 24.3 Å². The highest BCUT2D eigenvalue weighted by molar-refractivity contribution is 5.38. The van der Waals surface area contributed by atoms with Crippen LogP contribution in [0.4, 0.5) is 0 Å². The van der Waals surface area contributed by atoms with E-state index in [0.717, 1.165) is 0 Å². The zero-order valence-electron chi connectivity index (χ0n) is 11.5. The van der Waals surface area contributed by atoms with Gasteiger partial charge < -0.3 is 50.6 Å². The number of nitrogens with two attached hydrogens (primary N) is 8. The molecule has 0 saturated carbocycles. The molecule has 2 aliphatic carbocycles. The lowest BCUT2D eigenvalue weighted by Crippen LogP contribution is -2.75. The van der Waals surface area contributed by atoms with Gasteiger partial charge in [-0.05, 0) is 36.5 Å². The zero-order valence-corrected chi connectivity index (χ0v) is 11.5. The second kappa shape index (κ2) is 4.47. The highest BCUT2D eigenvalue weighted by Gasteiger charge is 2.41. The first-order valence-electron chi connectivity index (χ1n) is 6.19. The monoisotopic (exact) mass is 294 g/mol. The van der Waals surface area contributed by atoms with Crippen LogP contribution in [0.25, 0.3) is 0 Å². The Morgan fingerprint density at radius 3 is 1.19 bits per heavy atom. The van der Waals surface area contributed by atoms with E-state index in [9.17, 15) is 0 Å². The second-order valence-electron chi connectivity index (χ2n) is 5.59. The molecule has 0 amide bonds. The fraction of sp³-hybridized carbons (Fsp3) is 0.333. The van der Waals surface area contributed by atoms with Gasteiger partial charge in [-0.15, -0.1) is 0 Å². The highest BCUT2D eigenvalue weighted by Crippen LogP contribution is 2.25. The lowest BCUT2D eigenvalue weighted by atomic mass is 9.90. The molecule has 0 unspecified atom stereocenters. The van der Waals surface area contributed by atoms with Crippen molar-refractivity contribution < 1.29 is 4.74 Å². The molecule has 9 heteroatoms. The van der Waals surface area contributed by atoms with Crippen molar-refractivity contribution >= 4 is 0 Å². The summed E-state index contributed by atoms with van der Waals surface area (Å²) in [6.45, 7) is 0.